The van der Waals surface area contributed by atoms with E-state index < -0.39 is 5.60 Å². The number of hydrogen-bond donors (Lipinski definition) is 0. The fourth-order valence-corrected chi connectivity index (χ4v) is 4.86. The zero-order valence-electron chi connectivity index (χ0n) is 18.0. The third-order valence-corrected chi connectivity index (χ3v) is 6.68. The minimum Gasteiger partial charge on any atom is -0.482 e. The van der Waals surface area contributed by atoms with E-state index in [1.807, 2.05) is 30.3 Å². The number of para-hydroxylation sites is 1. The fraction of sp³-hybridized carbons (Fsp3) is 0.375. The summed E-state index contributed by atoms with van der Waals surface area (Å²) in [7, 11) is 0. The van der Waals surface area contributed by atoms with Gasteiger partial charge in [-0.05, 0) is 43.2 Å². The Balaban J connectivity index is 1.26. The Morgan fingerprint density at radius 2 is 1.88 bits per heavy atom. The molecule has 8 nitrogen and oxygen atoms in total. The van der Waals surface area contributed by atoms with Crippen molar-refractivity contribution in [3.05, 3.63) is 53.6 Å². The molecule has 0 N–H and O–H groups in total. The lowest BCUT2D eigenvalue weighted by Crippen LogP contribution is -2.47. The molecule has 3 heterocycles. The summed E-state index contributed by atoms with van der Waals surface area (Å²) in [5.41, 5.74) is 0.693. The van der Waals surface area contributed by atoms with E-state index in [-0.39, 0.29) is 31.1 Å². The first-order valence-corrected chi connectivity index (χ1v) is 11.4. The Morgan fingerprint density at radius 3 is 2.70 bits per heavy atom. The highest BCUT2D eigenvalue weighted by molar-refractivity contribution is 6.31. The standard InChI is InChI=1S/C24H24ClN3O5/c25-17-7-8-20-19(13-17)27(22(30)15-32-20)14-21(29)26-11-4-9-24(10-12-26)16-28(23(31)33-24)18-5-2-1-3-6-18/h1-3,5-8,13H,4,9-12,14-16H2/t24-/m1/s1. The van der Waals surface area contributed by atoms with Gasteiger partial charge in [-0.25, -0.2) is 4.79 Å². The number of rotatable bonds is 3. The van der Waals surface area contributed by atoms with Crippen LogP contribution in [0.5, 0.6) is 5.75 Å². The summed E-state index contributed by atoms with van der Waals surface area (Å²) in [5.74, 6) is 0.0885. The van der Waals surface area contributed by atoms with Gasteiger partial charge in [0, 0.05) is 30.2 Å². The molecule has 2 aromatic carbocycles. The van der Waals surface area contributed by atoms with E-state index in [1.165, 1.54) is 4.90 Å². The molecule has 0 radical (unpaired) electrons. The van der Waals surface area contributed by atoms with Gasteiger partial charge >= 0.3 is 6.09 Å². The number of carbonyl (C=O) groups excluding carboxylic acids is 3. The molecule has 2 aromatic rings. The third-order valence-electron chi connectivity index (χ3n) is 6.45. The predicted molar refractivity (Wildman–Crippen MR) is 123 cm³/mol. The summed E-state index contributed by atoms with van der Waals surface area (Å²) < 4.78 is 11.3. The van der Waals surface area contributed by atoms with Gasteiger partial charge < -0.3 is 14.4 Å². The van der Waals surface area contributed by atoms with Crippen molar-refractivity contribution < 1.29 is 23.9 Å². The number of fused-ring (bicyclic) bond motifs is 1. The number of benzene rings is 2. The van der Waals surface area contributed by atoms with Crippen LogP contribution in [0, 0.1) is 0 Å². The van der Waals surface area contributed by atoms with E-state index >= 15 is 0 Å². The summed E-state index contributed by atoms with van der Waals surface area (Å²) in [4.78, 5) is 43.1. The Bertz CT molecular complexity index is 1090. The van der Waals surface area contributed by atoms with Crippen LogP contribution < -0.4 is 14.5 Å². The molecule has 2 saturated heterocycles. The molecule has 0 aromatic heterocycles. The fourth-order valence-electron chi connectivity index (χ4n) is 4.69. The SMILES string of the molecule is O=C(CN1C(=O)COc2ccc(Cl)cc21)N1CCC[C@@]2(CC1)CN(c1ccccc1)C(=O)O2. The molecule has 0 unspecified atom stereocenters. The maximum Gasteiger partial charge on any atom is 0.415 e. The Morgan fingerprint density at radius 1 is 1.06 bits per heavy atom. The number of carbonyl (C=O) groups is 3. The largest absolute Gasteiger partial charge is 0.482 e. The molecule has 9 heteroatoms. The molecule has 0 saturated carbocycles. The number of likely N-dealkylation sites (tertiary alicyclic amines) is 1. The molecule has 5 rings (SSSR count). The number of ether oxygens (including phenoxy) is 2. The number of nitrogens with zero attached hydrogens (tertiary/aromatic N) is 3. The van der Waals surface area contributed by atoms with Crippen LogP contribution in [-0.4, -0.2) is 61.2 Å². The maximum atomic E-state index is 13.2. The topological polar surface area (TPSA) is 79.4 Å². The molecule has 172 valence electrons. The lowest BCUT2D eigenvalue weighted by Gasteiger charge is -2.31. The molecule has 0 bridgehead atoms. The Kier molecular flexibility index (Phi) is 5.62. The van der Waals surface area contributed by atoms with Crippen LogP contribution in [0.25, 0.3) is 0 Å². The smallest absolute Gasteiger partial charge is 0.415 e. The van der Waals surface area contributed by atoms with Crippen molar-refractivity contribution in [3.8, 4) is 5.75 Å². The first-order valence-electron chi connectivity index (χ1n) is 11.0. The number of hydrogen-bond acceptors (Lipinski definition) is 5. The molecule has 0 aliphatic carbocycles. The van der Waals surface area contributed by atoms with Crippen LogP contribution >= 0.6 is 11.6 Å². The number of anilines is 2. The molecule has 3 aliphatic rings. The summed E-state index contributed by atoms with van der Waals surface area (Å²) in [6.45, 7) is 1.26. The van der Waals surface area contributed by atoms with E-state index in [0.29, 0.717) is 55.4 Å². The second-order valence-electron chi connectivity index (χ2n) is 8.59. The van der Waals surface area contributed by atoms with Crippen molar-refractivity contribution in [1.82, 2.24) is 4.90 Å². The summed E-state index contributed by atoms with van der Waals surface area (Å²) in [6, 6.07) is 14.5. The second kappa shape index (κ2) is 8.59. The minimum absolute atomic E-state index is 0.0849. The number of amides is 3. The van der Waals surface area contributed by atoms with E-state index in [4.69, 9.17) is 21.1 Å². The lowest BCUT2D eigenvalue weighted by atomic mass is 9.95. The molecule has 3 aliphatic heterocycles. The average Bonchev–Trinajstić information content (AvgIpc) is 3.00. The first-order chi connectivity index (χ1) is 15.9. The van der Waals surface area contributed by atoms with Gasteiger partial charge in [0.1, 0.15) is 17.9 Å². The van der Waals surface area contributed by atoms with Gasteiger partial charge in [0.15, 0.2) is 6.61 Å². The van der Waals surface area contributed by atoms with E-state index in [0.717, 1.165) is 5.69 Å². The molecular weight excluding hydrogens is 446 g/mol. The molecule has 2 fully saturated rings. The summed E-state index contributed by atoms with van der Waals surface area (Å²) >= 11 is 6.10. The maximum absolute atomic E-state index is 13.2. The molecule has 3 amide bonds. The van der Waals surface area contributed by atoms with Crippen LogP contribution in [0.2, 0.25) is 5.02 Å². The van der Waals surface area contributed by atoms with Gasteiger partial charge in [-0.3, -0.25) is 19.4 Å². The van der Waals surface area contributed by atoms with Crippen molar-refractivity contribution >= 4 is 40.9 Å². The van der Waals surface area contributed by atoms with Crippen LogP contribution in [-0.2, 0) is 14.3 Å². The van der Waals surface area contributed by atoms with Crippen molar-refractivity contribution in [2.45, 2.75) is 24.9 Å². The van der Waals surface area contributed by atoms with Crippen molar-refractivity contribution in [2.24, 2.45) is 0 Å². The van der Waals surface area contributed by atoms with Gasteiger partial charge in [-0.1, -0.05) is 29.8 Å². The molecule has 33 heavy (non-hydrogen) atoms. The Labute approximate surface area is 196 Å². The highest BCUT2D eigenvalue weighted by atomic mass is 35.5. The van der Waals surface area contributed by atoms with Gasteiger partial charge in [0.05, 0.1) is 12.2 Å². The van der Waals surface area contributed by atoms with Gasteiger partial charge in [0.25, 0.3) is 5.91 Å². The van der Waals surface area contributed by atoms with Crippen molar-refractivity contribution in [1.29, 1.82) is 0 Å². The zero-order valence-corrected chi connectivity index (χ0v) is 18.8. The zero-order chi connectivity index (χ0) is 23.0. The minimum atomic E-state index is -0.614. The summed E-state index contributed by atoms with van der Waals surface area (Å²) in [5, 5.41) is 0.465. The monoisotopic (exact) mass is 469 g/mol. The lowest BCUT2D eigenvalue weighted by molar-refractivity contribution is -0.132. The molecule has 1 spiro atoms. The van der Waals surface area contributed by atoms with Crippen molar-refractivity contribution in [2.75, 3.05) is 42.6 Å². The van der Waals surface area contributed by atoms with Gasteiger partial charge in [-0.15, -0.1) is 0 Å². The molecular formula is C24H24ClN3O5. The first kappa shape index (κ1) is 21.6. The summed E-state index contributed by atoms with van der Waals surface area (Å²) in [6.07, 6.45) is 1.59. The third kappa shape index (κ3) is 4.23. The van der Waals surface area contributed by atoms with Crippen molar-refractivity contribution in [3.63, 3.8) is 0 Å². The second-order valence-corrected chi connectivity index (χ2v) is 9.02. The van der Waals surface area contributed by atoms with E-state index in [1.54, 1.807) is 28.0 Å². The van der Waals surface area contributed by atoms with E-state index in [2.05, 4.69) is 0 Å². The van der Waals surface area contributed by atoms with Gasteiger partial charge in [0.2, 0.25) is 5.91 Å². The highest BCUT2D eigenvalue weighted by Crippen LogP contribution is 2.37. The van der Waals surface area contributed by atoms with Gasteiger partial charge in [-0.2, -0.15) is 0 Å². The van der Waals surface area contributed by atoms with Crippen LogP contribution in [0.1, 0.15) is 19.3 Å². The predicted octanol–water partition coefficient (Wildman–Crippen LogP) is 3.47. The van der Waals surface area contributed by atoms with Crippen LogP contribution in [0.3, 0.4) is 0 Å². The number of halogens is 1. The highest BCUT2D eigenvalue weighted by Gasteiger charge is 2.46. The molecule has 1 atom stereocenters. The normalized spacial score (nSPS) is 22.6. The van der Waals surface area contributed by atoms with Crippen LogP contribution in [0.4, 0.5) is 16.2 Å². The van der Waals surface area contributed by atoms with Crippen LogP contribution in [0.15, 0.2) is 48.5 Å². The quantitative estimate of drug-likeness (QED) is 0.687. The average molecular weight is 470 g/mol. The van der Waals surface area contributed by atoms with E-state index in [9.17, 15) is 14.4 Å². The Hall–Kier alpha value is -3.26.